The summed E-state index contributed by atoms with van der Waals surface area (Å²) in [5, 5.41) is 6.65. The van der Waals surface area contributed by atoms with Crippen LogP contribution in [0.1, 0.15) is 18.1 Å². The molecular weight excluding hydrogens is 453 g/mol. The summed E-state index contributed by atoms with van der Waals surface area (Å²) in [6.45, 7) is 15.0. The number of aryl methyl sites for hydroxylation is 1. The maximum absolute atomic E-state index is 5.33. The van der Waals surface area contributed by atoms with Crippen molar-refractivity contribution >= 4 is 35.6 Å². The molecule has 2 rings (SSSR count). The van der Waals surface area contributed by atoms with Gasteiger partial charge in [-0.3, -0.25) is 9.89 Å². The van der Waals surface area contributed by atoms with Crippen LogP contribution in [-0.4, -0.2) is 76.9 Å². The second-order valence-corrected chi connectivity index (χ2v) is 6.67. The minimum Gasteiger partial charge on any atom is -0.380 e. The van der Waals surface area contributed by atoms with Gasteiger partial charge in [-0.2, -0.15) is 0 Å². The highest BCUT2D eigenvalue weighted by molar-refractivity contribution is 14.0. The van der Waals surface area contributed by atoms with Crippen LogP contribution in [0.15, 0.2) is 23.2 Å². The Labute approximate surface area is 181 Å². The van der Waals surface area contributed by atoms with Gasteiger partial charge < -0.3 is 20.3 Å². The lowest BCUT2D eigenvalue weighted by Gasteiger charge is -2.37. The highest BCUT2D eigenvalue weighted by Gasteiger charge is 2.18. The van der Waals surface area contributed by atoms with Crippen LogP contribution in [-0.2, 0) is 4.74 Å². The Morgan fingerprint density at radius 1 is 1.11 bits per heavy atom. The second-order valence-electron chi connectivity index (χ2n) is 6.67. The van der Waals surface area contributed by atoms with E-state index in [1.54, 1.807) is 7.05 Å². The van der Waals surface area contributed by atoms with Crippen molar-refractivity contribution in [2.45, 2.75) is 20.8 Å². The van der Waals surface area contributed by atoms with Crippen molar-refractivity contribution in [3.05, 3.63) is 29.3 Å². The molecule has 1 heterocycles. The van der Waals surface area contributed by atoms with Gasteiger partial charge in [0.2, 0.25) is 0 Å². The fraction of sp³-hybridized carbons (Fsp3) is 0.650. The van der Waals surface area contributed by atoms with Crippen molar-refractivity contribution in [2.75, 3.05) is 71.0 Å². The Morgan fingerprint density at radius 2 is 1.81 bits per heavy atom. The summed E-state index contributed by atoms with van der Waals surface area (Å²) in [6, 6.07) is 6.60. The van der Waals surface area contributed by atoms with Crippen molar-refractivity contribution in [3.8, 4) is 0 Å². The Morgan fingerprint density at radius 3 is 2.48 bits per heavy atom. The number of ether oxygens (including phenoxy) is 1. The maximum atomic E-state index is 5.33. The minimum absolute atomic E-state index is 0. The monoisotopic (exact) mass is 489 g/mol. The van der Waals surface area contributed by atoms with Gasteiger partial charge in [-0.25, -0.2) is 0 Å². The van der Waals surface area contributed by atoms with Gasteiger partial charge in [0.05, 0.1) is 6.61 Å². The van der Waals surface area contributed by atoms with Crippen LogP contribution in [0.2, 0.25) is 0 Å². The van der Waals surface area contributed by atoms with Crippen LogP contribution in [0.25, 0.3) is 0 Å². The van der Waals surface area contributed by atoms with Crippen LogP contribution in [0.3, 0.4) is 0 Å². The predicted octanol–water partition coefficient (Wildman–Crippen LogP) is 2.24. The molecule has 0 atom stereocenters. The van der Waals surface area contributed by atoms with Crippen LogP contribution < -0.4 is 15.5 Å². The molecule has 1 fully saturated rings. The first kappa shape index (κ1) is 24.0. The van der Waals surface area contributed by atoms with E-state index in [4.69, 9.17) is 4.74 Å². The molecule has 0 saturated carbocycles. The van der Waals surface area contributed by atoms with Gasteiger partial charge in [0.25, 0.3) is 0 Å². The molecule has 1 aromatic rings. The topological polar surface area (TPSA) is 52.1 Å². The lowest BCUT2D eigenvalue weighted by atomic mass is 10.1. The van der Waals surface area contributed by atoms with Crippen LogP contribution in [0.4, 0.5) is 5.69 Å². The molecule has 6 nitrogen and oxygen atoms in total. The summed E-state index contributed by atoms with van der Waals surface area (Å²) in [6.07, 6.45) is 0. The Kier molecular flexibility index (Phi) is 11.7. The SMILES string of the molecule is CCOCCNC(=NC)NCCN1CCN(c2cccc(C)c2C)CC1.I. The minimum atomic E-state index is 0. The summed E-state index contributed by atoms with van der Waals surface area (Å²) in [7, 11) is 1.80. The maximum Gasteiger partial charge on any atom is 0.191 e. The molecule has 7 heteroatoms. The van der Waals surface area contributed by atoms with E-state index in [0.717, 1.165) is 58.4 Å². The summed E-state index contributed by atoms with van der Waals surface area (Å²) >= 11 is 0. The number of anilines is 1. The third-order valence-corrected chi connectivity index (χ3v) is 4.98. The molecule has 1 aliphatic rings. The highest BCUT2D eigenvalue weighted by atomic mass is 127. The number of nitrogens with one attached hydrogen (secondary N) is 2. The predicted molar refractivity (Wildman–Crippen MR) is 126 cm³/mol. The standard InChI is InChI=1S/C20H35N5O.HI/c1-5-26-16-10-23-20(21-4)22-9-11-24-12-14-25(15-13-24)19-8-6-7-17(2)18(19)3;/h6-8H,5,9-16H2,1-4H3,(H2,21,22,23);1H. The number of guanidine groups is 1. The Bertz CT molecular complexity index is 573. The second kappa shape index (κ2) is 13.2. The number of benzene rings is 1. The molecule has 1 saturated heterocycles. The third-order valence-electron chi connectivity index (χ3n) is 4.98. The first-order chi connectivity index (χ1) is 12.7. The van der Waals surface area contributed by atoms with Crippen LogP contribution >= 0.6 is 24.0 Å². The highest BCUT2D eigenvalue weighted by Crippen LogP contribution is 2.23. The van der Waals surface area contributed by atoms with Crippen LogP contribution in [0.5, 0.6) is 0 Å². The molecule has 0 radical (unpaired) electrons. The molecule has 1 aromatic carbocycles. The first-order valence-corrected chi connectivity index (χ1v) is 9.71. The number of halogens is 1. The Balaban J connectivity index is 0.00000364. The van der Waals surface area contributed by atoms with E-state index in [-0.39, 0.29) is 24.0 Å². The average Bonchev–Trinajstić information content (AvgIpc) is 2.66. The fourth-order valence-electron chi connectivity index (χ4n) is 3.23. The number of rotatable bonds is 8. The number of piperazine rings is 1. The van der Waals surface area contributed by atoms with E-state index in [2.05, 4.69) is 57.5 Å². The zero-order valence-corrected chi connectivity index (χ0v) is 19.6. The summed E-state index contributed by atoms with van der Waals surface area (Å²) in [4.78, 5) is 9.28. The van der Waals surface area contributed by atoms with E-state index >= 15 is 0 Å². The largest absolute Gasteiger partial charge is 0.380 e. The van der Waals surface area contributed by atoms with Gasteiger partial charge in [-0.15, -0.1) is 24.0 Å². The molecule has 0 bridgehead atoms. The number of nitrogens with zero attached hydrogens (tertiary/aromatic N) is 3. The fourth-order valence-corrected chi connectivity index (χ4v) is 3.23. The summed E-state index contributed by atoms with van der Waals surface area (Å²) in [5.74, 6) is 0.846. The zero-order valence-electron chi connectivity index (χ0n) is 17.3. The molecule has 154 valence electrons. The van der Waals surface area contributed by atoms with Gasteiger partial charge in [0.1, 0.15) is 0 Å². The molecular formula is C20H36IN5O. The smallest absolute Gasteiger partial charge is 0.191 e. The van der Waals surface area contributed by atoms with Gasteiger partial charge >= 0.3 is 0 Å². The van der Waals surface area contributed by atoms with Crippen molar-refractivity contribution < 1.29 is 4.74 Å². The van der Waals surface area contributed by atoms with Crippen molar-refractivity contribution in [1.82, 2.24) is 15.5 Å². The third kappa shape index (κ3) is 7.83. The van der Waals surface area contributed by atoms with Gasteiger partial charge in [-0.1, -0.05) is 12.1 Å². The molecule has 27 heavy (non-hydrogen) atoms. The van der Waals surface area contributed by atoms with Gasteiger partial charge in [0.15, 0.2) is 5.96 Å². The van der Waals surface area contributed by atoms with Gasteiger partial charge in [-0.05, 0) is 38.0 Å². The number of aliphatic imine (C=N–C) groups is 1. The van der Waals surface area contributed by atoms with Crippen molar-refractivity contribution in [1.29, 1.82) is 0 Å². The molecule has 0 amide bonds. The van der Waals surface area contributed by atoms with Crippen LogP contribution in [0, 0.1) is 13.8 Å². The summed E-state index contributed by atoms with van der Waals surface area (Å²) in [5.41, 5.74) is 4.17. The Hall–Kier alpha value is -1.06. The molecule has 0 aliphatic carbocycles. The van der Waals surface area contributed by atoms with E-state index in [0.29, 0.717) is 6.61 Å². The molecule has 0 spiro atoms. The average molecular weight is 489 g/mol. The van der Waals surface area contributed by atoms with E-state index in [1.807, 2.05) is 6.92 Å². The zero-order chi connectivity index (χ0) is 18.8. The number of hydrogen-bond donors (Lipinski definition) is 2. The molecule has 0 unspecified atom stereocenters. The van der Waals surface area contributed by atoms with Gasteiger partial charge in [0, 0.05) is 65.2 Å². The first-order valence-electron chi connectivity index (χ1n) is 9.71. The normalized spacial score (nSPS) is 15.4. The van der Waals surface area contributed by atoms with E-state index in [1.165, 1.54) is 16.8 Å². The van der Waals surface area contributed by atoms with Crippen molar-refractivity contribution in [2.24, 2.45) is 4.99 Å². The lowest BCUT2D eigenvalue weighted by Crippen LogP contribution is -2.49. The summed E-state index contributed by atoms with van der Waals surface area (Å²) < 4.78 is 5.33. The van der Waals surface area contributed by atoms with Crippen molar-refractivity contribution in [3.63, 3.8) is 0 Å². The van der Waals surface area contributed by atoms with E-state index < -0.39 is 0 Å². The quantitative estimate of drug-likeness (QED) is 0.254. The molecule has 2 N–H and O–H groups in total. The van der Waals surface area contributed by atoms with E-state index in [9.17, 15) is 0 Å². The lowest BCUT2D eigenvalue weighted by molar-refractivity contribution is 0.152. The molecule has 0 aromatic heterocycles. The molecule has 1 aliphatic heterocycles. The number of hydrogen-bond acceptors (Lipinski definition) is 4.